The predicted molar refractivity (Wildman–Crippen MR) is 107 cm³/mol. The van der Waals surface area contributed by atoms with E-state index in [0.29, 0.717) is 26.4 Å². The van der Waals surface area contributed by atoms with Gasteiger partial charge in [-0.15, -0.1) is 26.3 Å². The molecular formula is C21H40O3. The molecule has 0 unspecified atom stereocenters. The summed E-state index contributed by atoms with van der Waals surface area (Å²) in [5.74, 6) is 0. The Bertz CT molecular complexity index is 225. The Hall–Kier alpha value is -1.16. The average molecular weight is 341 g/mol. The zero-order chi connectivity index (χ0) is 18.7. The number of rotatable bonds is 15. The smallest absolute Gasteiger partial charge is 0.0649 e. The fraction of sp³-hybridized carbons (Fsp3) is 0.619. The maximum atomic E-state index is 8.47. The lowest BCUT2D eigenvalue weighted by molar-refractivity contribution is 0.194. The summed E-state index contributed by atoms with van der Waals surface area (Å²) in [5, 5.41) is 16.9. The molecule has 0 aromatic heterocycles. The van der Waals surface area contributed by atoms with Crippen LogP contribution in [-0.2, 0) is 4.74 Å². The second-order valence-corrected chi connectivity index (χ2v) is 5.19. The minimum Gasteiger partial charge on any atom is -0.396 e. The summed E-state index contributed by atoms with van der Waals surface area (Å²) in [6.07, 6.45) is 17.2. The minimum absolute atomic E-state index is 0.330. The molecule has 3 nitrogen and oxygen atoms in total. The van der Waals surface area contributed by atoms with E-state index < -0.39 is 0 Å². The van der Waals surface area contributed by atoms with E-state index >= 15 is 0 Å². The van der Waals surface area contributed by atoms with E-state index in [1.165, 1.54) is 19.3 Å². The van der Waals surface area contributed by atoms with E-state index in [-0.39, 0.29) is 0 Å². The topological polar surface area (TPSA) is 49.7 Å². The van der Waals surface area contributed by atoms with Gasteiger partial charge in [-0.2, -0.15) is 0 Å². The van der Waals surface area contributed by atoms with Gasteiger partial charge in [0.2, 0.25) is 0 Å². The Morgan fingerprint density at radius 1 is 0.542 bits per heavy atom. The monoisotopic (exact) mass is 340 g/mol. The molecule has 142 valence electrons. The molecule has 0 aromatic carbocycles. The van der Waals surface area contributed by atoms with Gasteiger partial charge < -0.3 is 14.9 Å². The molecule has 0 fully saturated rings. The maximum Gasteiger partial charge on any atom is 0.0649 e. The number of hydrogen-bond acceptors (Lipinski definition) is 3. The normalized spacial score (nSPS) is 8.92. The Morgan fingerprint density at radius 3 is 1.12 bits per heavy atom. The Kier molecular flexibility index (Phi) is 38.6. The van der Waals surface area contributed by atoms with Gasteiger partial charge >= 0.3 is 0 Å². The fourth-order valence-electron chi connectivity index (χ4n) is 1.58. The fourth-order valence-corrected chi connectivity index (χ4v) is 1.58. The van der Waals surface area contributed by atoms with Crippen molar-refractivity contribution in [1.82, 2.24) is 0 Å². The third-order valence-corrected chi connectivity index (χ3v) is 2.86. The quantitative estimate of drug-likeness (QED) is 0.317. The lowest BCUT2D eigenvalue weighted by Gasteiger charge is -1.98. The molecule has 0 aliphatic rings. The summed E-state index contributed by atoms with van der Waals surface area (Å²) in [6, 6.07) is 0. The van der Waals surface area contributed by atoms with Crippen LogP contribution in [0.15, 0.2) is 50.6 Å². The van der Waals surface area contributed by atoms with E-state index in [4.69, 9.17) is 14.9 Å². The first-order valence-corrected chi connectivity index (χ1v) is 8.98. The van der Waals surface area contributed by atoms with Gasteiger partial charge in [-0.05, 0) is 25.7 Å². The van der Waals surface area contributed by atoms with E-state index in [0.717, 1.165) is 38.5 Å². The summed E-state index contributed by atoms with van der Waals surface area (Å²) >= 11 is 0. The molecule has 0 heterocycles. The van der Waals surface area contributed by atoms with Crippen molar-refractivity contribution in [2.45, 2.75) is 57.8 Å². The zero-order valence-corrected chi connectivity index (χ0v) is 15.6. The van der Waals surface area contributed by atoms with Crippen LogP contribution in [0.4, 0.5) is 0 Å². The van der Waals surface area contributed by atoms with Gasteiger partial charge in [0.25, 0.3) is 0 Å². The van der Waals surface area contributed by atoms with Crippen LogP contribution in [0.5, 0.6) is 0 Å². The van der Waals surface area contributed by atoms with Gasteiger partial charge in [0.15, 0.2) is 0 Å². The number of hydrogen-bond donors (Lipinski definition) is 2. The van der Waals surface area contributed by atoms with Crippen LogP contribution in [0.1, 0.15) is 57.8 Å². The van der Waals surface area contributed by atoms with Crippen molar-refractivity contribution in [3.05, 3.63) is 50.6 Å². The first kappa shape index (κ1) is 27.7. The highest BCUT2D eigenvalue weighted by atomic mass is 16.5. The Labute approximate surface area is 150 Å². The second kappa shape index (κ2) is 33.4. The van der Waals surface area contributed by atoms with Crippen LogP contribution < -0.4 is 0 Å². The summed E-state index contributed by atoms with van der Waals surface area (Å²) in [4.78, 5) is 0. The van der Waals surface area contributed by atoms with Crippen molar-refractivity contribution < 1.29 is 14.9 Å². The van der Waals surface area contributed by atoms with Crippen molar-refractivity contribution >= 4 is 0 Å². The molecule has 0 spiro atoms. The number of ether oxygens (including phenoxy) is 1. The molecule has 0 amide bonds. The molecule has 0 aliphatic carbocycles. The van der Waals surface area contributed by atoms with Crippen LogP contribution in [0.25, 0.3) is 0 Å². The molecule has 0 saturated carbocycles. The van der Waals surface area contributed by atoms with Crippen LogP contribution in [0.3, 0.4) is 0 Å². The van der Waals surface area contributed by atoms with Gasteiger partial charge in [0.1, 0.15) is 0 Å². The van der Waals surface area contributed by atoms with Gasteiger partial charge in [0, 0.05) is 13.2 Å². The highest BCUT2D eigenvalue weighted by Gasteiger charge is 1.89. The summed E-state index contributed by atoms with van der Waals surface area (Å²) in [6.45, 7) is 15.9. The lowest BCUT2D eigenvalue weighted by Crippen LogP contribution is -1.87. The molecule has 24 heavy (non-hydrogen) atoms. The molecule has 0 aromatic rings. The lowest BCUT2D eigenvalue weighted by atomic mass is 10.1. The van der Waals surface area contributed by atoms with E-state index in [2.05, 4.69) is 26.3 Å². The molecule has 0 atom stereocenters. The van der Waals surface area contributed by atoms with Crippen molar-refractivity contribution in [2.75, 3.05) is 26.4 Å². The van der Waals surface area contributed by atoms with E-state index in [1.807, 2.05) is 12.2 Å². The van der Waals surface area contributed by atoms with E-state index in [1.54, 1.807) is 12.2 Å². The Morgan fingerprint density at radius 2 is 0.875 bits per heavy atom. The molecule has 2 N–H and O–H groups in total. The zero-order valence-electron chi connectivity index (χ0n) is 15.6. The molecule has 3 heteroatoms. The molecule has 0 aliphatic heterocycles. The second-order valence-electron chi connectivity index (χ2n) is 5.19. The van der Waals surface area contributed by atoms with E-state index in [9.17, 15) is 0 Å². The van der Waals surface area contributed by atoms with Crippen LogP contribution in [-0.4, -0.2) is 36.6 Å². The Balaban J connectivity index is -0.000000294. The minimum atomic E-state index is 0.330. The van der Waals surface area contributed by atoms with Crippen molar-refractivity contribution in [3.8, 4) is 0 Å². The predicted octanol–water partition coefficient (Wildman–Crippen LogP) is 5.22. The summed E-state index contributed by atoms with van der Waals surface area (Å²) < 4.78 is 4.90. The standard InChI is InChI=1S/C9H20O2.C6H10O.C6H10/c10-8-6-4-2-1-3-5-7-9-11;1-3-5-7-6-4-2;1-3-5-6-4-2/h10-11H,1-9H2;3-4H,1-2,5-6H2;3-4H,1-2,5-6H2. The van der Waals surface area contributed by atoms with Crippen LogP contribution in [0.2, 0.25) is 0 Å². The van der Waals surface area contributed by atoms with Crippen molar-refractivity contribution in [1.29, 1.82) is 0 Å². The third-order valence-electron chi connectivity index (χ3n) is 2.86. The highest BCUT2D eigenvalue weighted by Crippen LogP contribution is 2.06. The van der Waals surface area contributed by atoms with Gasteiger partial charge in [-0.25, -0.2) is 0 Å². The van der Waals surface area contributed by atoms with Gasteiger partial charge in [-0.3, -0.25) is 0 Å². The molecule has 0 rings (SSSR count). The van der Waals surface area contributed by atoms with Crippen LogP contribution >= 0.6 is 0 Å². The molecule has 0 bridgehead atoms. The summed E-state index contributed by atoms with van der Waals surface area (Å²) in [5.41, 5.74) is 0. The van der Waals surface area contributed by atoms with Crippen molar-refractivity contribution in [2.24, 2.45) is 0 Å². The van der Waals surface area contributed by atoms with Gasteiger partial charge in [0.05, 0.1) is 13.2 Å². The highest BCUT2D eigenvalue weighted by molar-refractivity contribution is 4.74. The van der Waals surface area contributed by atoms with Crippen molar-refractivity contribution in [3.63, 3.8) is 0 Å². The summed E-state index contributed by atoms with van der Waals surface area (Å²) in [7, 11) is 0. The molecule has 0 saturated heterocycles. The number of unbranched alkanes of at least 4 members (excludes halogenated alkanes) is 7. The first-order valence-electron chi connectivity index (χ1n) is 8.98. The maximum absolute atomic E-state index is 8.47. The number of allylic oxidation sites excluding steroid dienone is 2. The number of aliphatic hydroxyl groups is 2. The third kappa shape index (κ3) is 42.8. The first-order chi connectivity index (χ1) is 11.7. The SMILES string of the molecule is C=CCCC=C.C=CCOCC=C.OCCCCCCCCCO. The largest absolute Gasteiger partial charge is 0.396 e. The molecule has 0 radical (unpaired) electrons. The number of aliphatic hydroxyl groups excluding tert-OH is 2. The molecular weight excluding hydrogens is 300 g/mol. The van der Waals surface area contributed by atoms with Gasteiger partial charge in [-0.1, -0.05) is 56.4 Å². The van der Waals surface area contributed by atoms with Crippen LogP contribution in [0, 0.1) is 0 Å². The average Bonchev–Trinajstić information content (AvgIpc) is 2.61.